The summed E-state index contributed by atoms with van der Waals surface area (Å²) < 4.78 is 0. The molecule has 0 spiro atoms. The Morgan fingerprint density at radius 2 is 1.29 bits per heavy atom. The summed E-state index contributed by atoms with van der Waals surface area (Å²) in [4.78, 5) is 45.3. The summed E-state index contributed by atoms with van der Waals surface area (Å²) in [6.45, 7) is 0. The monoisotopic (exact) mass is 236 g/mol. The quantitative estimate of drug-likeness (QED) is 0.469. The van der Waals surface area contributed by atoms with Gasteiger partial charge in [-0.1, -0.05) is 0 Å². The first-order valence-corrected chi connectivity index (χ1v) is 5.40. The fourth-order valence-electron chi connectivity index (χ4n) is 3.82. The van der Waals surface area contributed by atoms with E-state index in [1.54, 1.807) is 0 Å². The Balaban J connectivity index is 2.10. The number of carbonyl (C=O) groups excluding carboxylic acids is 4. The van der Waals surface area contributed by atoms with Crippen LogP contribution in [0.5, 0.6) is 0 Å². The minimum atomic E-state index is -2.12. The van der Waals surface area contributed by atoms with E-state index in [4.69, 9.17) is 0 Å². The van der Waals surface area contributed by atoms with Crippen LogP contribution in [0.2, 0.25) is 0 Å². The second-order valence-corrected chi connectivity index (χ2v) is 5.05. The van der Waals surface area contributed by atoms with Crippen molar-refractivity contribution in [1.29, 1.82) is 0 Å². The Morgan fingerprint density at radius 1 is 0.941 bits per heavy atom. The number of carboxylic acid groups (broad SMARTS) is 2. The lowest BCUT2D eigenvalue weighted by Crippen LogP contribution is -2.48. The van der Waals surface area contributed by atoms with Crippen LogP contribution >= 0.6 is 0 Å². The molecule has 0 aromatic rings. The molecule has 6 heteroatoms. The molecular weight excluding hydrogens is 228 g/mol. The SMILES string of the molecule is O=C1CC2C(=O)CC1C1C2C1(C(=O)[O-])C(=O)[O-]. The zero-order chi connectivity index (χ0) is 12.5. The number of ketones is 2. The van der Waals surface area contributed by atoms with E-state index in [1.807, 2.05) is 0 Å². The van der Waals surface area contributed by atoms with Crippen molar-refractivity contribution in [3.8, 4) is 0 Å². The molecule has 0 aliphatic heterocycles. The zero-order valence-corrected chi connectivity index (χ0v) is 8.67. The van der Waals surface area contributed by atoms with Crippen LogP contribution in [0.25, 0.3) is 0 Å². The molecule has 4 aliphatic carbocycles. The summed E-state index contributed by atoms with van der Waals surface area (Å²) in [5, 5.41) is 22.1. The highest BCUT2D eigenvalue weighted by Gasteiger charge is 2.77. The maximum atomic E-state index is 11.6. The second-order valence-electron chi connectivity index (χ2n) is 5.05. The average molecular weight is 236 g/mol. The molecule has 0 heterocycles. The van der Waals surface area contributed by atoms with Gasteiger partial charge in [-0.05, 0) is 11.8 Å². The van der Waals surface area contributed by atoms with Gasteiger partial charge in [0.2, 0.25) is 0 Å². The van der Waals surface area contributed by atoms with E-state index in [1.165, 1.54) is 0 Å². The number of hydrogen-bond acceptors (Lipinski definition) is 6. The summed E-state index contributed by atoms with van der Waals surface area (Å²) in [5.74, 6) is -7.02. The molecule has 4 fully saturated rings. The molecule has 0 saturated heterocycles. The van der Waals surface area contributed by atoms with Crippen LogP contribution in [0, 0.1) is 29.1 Å². The summed E-state index contributed by atoms with van der Waals surface area (Å²) in [6, 6.07) is 0. The zero-order valence-electron chi connectivity index (χ0n) is 8.67. The third-order valence-corrected chi connectivity index (χ3v) is 4.54. The molecule has 0 aromatic heterocycles. The van der Waals surface area contributed by atoms with E-state index in [0.717, 1.165) is 0 Å². The fraction of sp³-hybridized carbons (Fsp3) is 0.636. The van der Waals surface area contributed by atoms with Crippen molar-refractivity contribution in [3.63, 3.8) is 0 Å². The minimum Gasteiger partial charge on any atom is -0.549 e. The van der Waals surface area contributed by atoms with Crippen molar-refractivity contribution < 1.29 is 29.4 Å². The topological polar surface area (TPSA) is 114 Å². The van der Waals surface area contributed by atoms with Gasteiger partial charge in [-0.25, -0.2) is 0 Å². The second kappa shape index (κ2) is 2.75. The molecule has 4 unspecified atom stereocenters. The third kappa shape index (κ3) is 0.924. The van der Waals surface area contributed by atoms with E-state index in [0.29, 0.717) is 0 Å². The van der Waals surface area contributed by atoms with E-state index in [-0.39, 0.29) is 24.4 Å². The normalized spacial score (nSPS) is 40.9. The Hall–Kier alpha value is -1.72. The van der Waals surface area contributed by atoms with Crippen LogP contribution in [-0.4, -0.2) is 23.5 Å². The maximum absolute atomic E-state index is 11.6. The fourth-order valence-corrected chi connectivity index (χ4v) is 3.82. The van der Waals surface area contributed by atoms with Crippen molar-refractivity contribution >= 4 is 23.5 Å². The van der Waals surface area contributed by atoms with E-state index in [9.17, 15) is 29.4 Å². The summed E-state index contributed by atoms with van der Waals surface area (Å²) in [7, 11) is 0. The van der Waals surface area contributed by atoms with Gasteiger partial charge in [-0.2, -0.15) is 0 Å². The first-order chi connectivity index (χ1) is 7.92. The van der Waals surface area contributed by atoms with Gasteiger partial charge in [0.25, 0.3) is 0 Å². The summed E-state index contributed by atoms with van der Waals surface area (Å²) in [5.41, 5.74) is -2.12. The van der Waals surface area contributed by atoms with Crippen LogP contribution < -0.4 is 10.2 Å². The molecule has 4 atom stereocenters. The Bertz CT molecular complexity index is 434. The maximum Gasteiger partial charge on any atom is 0.137 e. The molecule has 6 nitrogen and oxygen atoms in total. The van der Waals surface area contributed by atoms with Gasteiger partial charge in [0.15, 0.2) is 0 Å². The smallest absolute Gasteiger partial charge is 0.137 e. The number of Topliss-reactive ketones (excluding diaryl/α,β-unsaturated/α-hetero) is 2. The number of carbonyl (C=O) groups is 4. The van der Waals surface area contributed by atoms with Gasteiger partial charge < -0.3 is 19.8 Å². The highest BCUT2D eigenvalue weighted by Crippen LogP contribution is 2.71. The predicted octanol–water partition coefficient (Wildman–Crippen LogP) is -3.10. The molecular formula is C11H8O6-2. The van der Waals surface area contributed by atoms with Gasteiger partial charge in [0.1, 0.15) is 11.6 Å². The van der Waals surface area contributed by atoms with Crippen molar-refractivity contribution in [3.05, 3.63) is 0 Å². The Labute approximate surface area is 95.6 Å². The number of hydrogen-bond donors (Lipinski definition) is 0. The van der Waals surface area contributed by atoms with Crippen LogP contribution in [0.15, 0.2) is 0 Å². The lowest BCUT2D eigenvalue weighted by Gasteiger charge is -2.31. The van der Waals surface area contributed by atoms with Crippen molar-refractivity contribution in [2.75, 3.05) is 0 Å². The Kier molecular flexibility index (Phi) is 1.69. The standard InChI is InChI=1S/C11H10O6/c12-5-1-3-6(13)2-4(5)8-7(3)11(8,9(14)15)10(16)17/h3-4,7-8H,1-2H2,(H,14,15)(H,16,17)/p-2. The van der Waals surface area contributed by atoms with E-state index < -0.39 is 41.0 Å². The van der Waals surface area contributed by atoms with Crippen molar-refractivity contribution in [2.45, 2.75) is 12.8 Å². The number of aliphatic carboxylic acids is 2. The third-order valence-electron chi connectivity index (χ3n) is 4.54. The Morgan fingerprint density at radius 3 is 1.59 bits per heavy atom. The molecule has 0 radical (unpaired) electrons. The largest absolute Gasteiger partial charge is 0.549 e. The highest BCUT2D eigenvalue weighted by molar-refractivity contribution is 6.08. The number of carboxylic acids is 2. The van der Waals surface area contributed by atoms with Crippen LogP contribution in [0.4, 0.5) is 0 Å². The van der Waals surface area contributed by atoms with Gasteiger partial charge in [0.05, 0.1) is 17.4 Å². The minimum absolute atomic E-state index is 0.0347. The average Bonchev–Trinajstić information content (AvgIpc) is 2.92. The molecule has 0 aromatic carbocycles. The van der Waals surface area contributed by atoms with E-state index >= 15 is 0 Å². The predicted molar refractivity (Wildman–Crippen MR) is 45.7 cm³/mol. The lowest BCUT2D eigenvalue weighted by atomic mass is 9.69. The highest BCUT2D eigenvalue weighted by atomic mass is 16.4. The van der Waals surface area contributed by atoms with Crippen molar-refractivity contribution in [2.24, 2.45) is 29.1 Å². The first kappa shape index (κ1) is 10.4. The van der Waals surface area contributed by atoms with Gasteiger partial charge >= 0.3 is 0 Å². The number of fused-ring (bicyclic) bond motifs is 2. The molecule has 4 aliphatic rings. The van der Waals surface area contributed by atoms with Gasteiger partial charge in [0, 0.05) is 24.7 Å². The van der Waals surface area contributed by atoms with Crippen LogP contribution in [0.3, 0.4) is 0 Å². The molecule has 0 amide bonds. The molecule has 2 bridgehead atoms. The summed E-state index contributed by atoms with van der Waals surface area (Å²) >= 11 is 0. The van der Waals surface area contributed by atoms with Gasteiger partial charge in [-0.3, -0.25) is 9.59 Å². The lowest BCUT2D eigenvalue weighted by molar-refractivity contribution is -0.337. The van der Waals surface area contributed by atoms with Crippen LogP contribution in [0.1, 0.15) is 12.8 Å². The molecule has 90 valence electrons. The molecule has 4 saturated carbocycles. The first-order valence-electron chi connectivity index (χ1n) is 5.40. The van der Waals surface area contributed by atoms with Crippen LogP contribution in [-0.2, 0) is 19.2 Å². The molecule has 17 heavy (non-hydrogen) atoms. The molecule has 4 rings (SSSR count). The van der Waals surface area contributed by atoms with Crippen molar-refractivity contribution in [1.82, 2.24) is 0 Å². The molecule has 0 N–H and O–H groups in total. The van der Waals surface area contributed by atoms with Gasteiger partial charge in [-0.15, -0.1) is 0 Å². The summed E-state index contributed by atoms with van der Waals surface area (Å²) in [6.07, 6.45) is -0.0695. The van der Waals surface area contributed by atoms with E-state index in [2.05, 4.69) is 0 Å². The number of rotatable bonds is 2.